The van der Waals surface area contributed by atoms with Gasteiger partial charge < -0.3 is 4.74 Å². The van der Waals surface area contributed by atoms with Crippen molar-refractivity contribution in [2.75, 3.05) is 12.9 Å². The Balaban J connectivity index is 1.50. The van der Waals surface area contributed by atoms with E-state index in [0.29, 0.717) is 6.61 Å². The van der Waals surface area contributed by atoms with Crippen LogP contribution in [0, 0.1) is 6.92 Å². The van der Waals surface area contributed by atoms with E-state index in [0.717, 1.165) is 35.1 Å². The normalized spacial score (nSPS) is 11.2. The topological polar surface area (TPSA) is 52.3 Å². The summed E-state index contributed by atoms with van der Waals surface area (Å²) in [6, 6.07) is 18.4. The zero-order valence-electron chi connectivity index (χ0n) is 15.0. The van der Waals surface area contributed by atoms with Gasteiger partial charge in [0.25, 0.3) is 0 Å². The van der Waals surface area contributed by atoms with Crippen LogP contribution in [0.3, 0.4) is 0 Å². The third kappa shape index (κ3) is 4.95. The van der Waals surface area contributed by atoms with Crippen molar-refractivity contribution in [3.05, 3.63) is 71.5 Å². The van der Waals surface area contributed by atoms with E-state index in [1.807, 2.05) is 43.5 Å². The van der Waals surface area contributed by atoms with Crippen molar-refractivity contribution in [2.24, 2.45) is 5.10 Å². The number of benzene rings is 2. The number of hydrogen-bond acceptors (Lipinski definition) is 5. The molecule has 0 atom stereocenters. The van der Waals surface area contributed by atoms with E-state index in [1.54, 1.807) is 10.9 Å². The molecule has 3 aromatic rings. The lowest BCUT2D eigenvalue weighted by Gasteiger charge is -2.06. The highest BCUT2D eigenvalue weighted by atomic mass is 32.2. The SMILES string of the molecule is CSc1nnc(C)n1/N=C\c1ccc(OCCCc2ccccc2)cc1. The number of rotatable bonds is 8. The average Bonchev–Trinajstić information content (AvgIpc) is 3.05. The lowest BCUT2D eigenvalue weighted by atomic mass is 10.1. The van der Waals surface area contributed by atoms with Gasteiger partial charge >= 0.3 is 0 Å². The summed E-state index contributed by atoms with van der Waals surface area (Å²) in [5.74, 6) is 1.64. The van der Waals surface area contributed by atoms with Gasteiger partial charge in [-0.15, -0.1) is 10.2 Å². The van der Waals surface area contributed by atoms with Gasteiger partial charge in [0.05, 0.1) is 12.8 Å². The van der Waals surface area contributed by atoms with E-state index in [2.05, 4.69) is 39.6 Å². The summed E-state index contributed by atoms with van der Waals surface area (Å²) >= 11 is 1.52. The first-order valence-corrected chi connectivity index (χ1v) is 9.76. The van der Waals surface area contributed by atoms with Crippen LogP contribution in [0.1, 0.15) is 23.4 Å². The summed E-state index contributed by atoms with van der Waals surface area (Å²) in [5.41, 5.74) is 2.35. The number of ether oxygens (including phenoxy) is 1. The smallest absolute Gasteiger partial charge is 0.211 e. The molecule has 0 bridgehead atoms. The van der Waals surface area contributed by atoms with Crippen molar-refractivity contribution in [3.8, 4) is 5.75 Å². The van der Waals surface area contributed by atoms with E-state index in [1.165, 1.54) is 17.3 Å². The Bertz CT molecular complexity index is 844. The van der Waals surface area contributed by atoms with Crippen molar-refractivity contribution >= 4 is 18.0 Å². The molecule has 26 heavy (non-hydrogen) atoms. The maximum atomic E-state index is 5.82. The molecular weight excluding hydrogens is 344 g/mol. The second-order valence-electron chi connectivity index (χ2n) is 5.80. The molecule has 0 aliphatic carbocycles. The molecule has 0 fully saturated rings. The molecule has 0 radical (unpaired) electrons. The summed E-state index contributed by atoms with van der Waals surface area (Å²) in [4.78, 5) is 0. The van der Waals surface area contributed by atoms with Crippen LogP contribution < -0.4 is 4.74 Å². The molecule has 0 amide bonds. The van der Waals surface area contributed by atoms with E-state index < -0.39 is 0 Å². The highest BCUT2D eigenvalue weighted by Gasteiger charge is 2.05. The second kappa shape index (κ2) is 9.20. The van der Waals surface area contributed by atoms with Gasteiger partial charge in [-0.2, -0.15) is 9.78 Å². The largest absolute Gasteiger partial charge is 0.494 e. The van der Waals surface area contributed by atoms with Gasteiger partial charge in [0, 0.05) is 0 Å². The standard InChI is InChI=1S/C20H22N4OS/c1-16-22-23-20(26-2)24(16)21-15-18-10-12-19(13-11-18)25-14-6-9-17-7-4-3-5-8-17/h3-5,7-8,10-13,15H,6,9,14H2,1-2H3/b21-15-. The Morgan fingerprint density at radius 3 is 2.58 bits per heavy atom. The molecule has 2 aromatic carbocycles. The van der Waals surface area contributed by atoms with Gasteiger partial charge in [0.2, 0.25) is 5.16 Å². The Kier molecular flexibility index (Phi) is 6.44. The zero-order chi connectivity index (χ0) is 18.2. The first kappa shape index (κ1) is 18.2. The second-order valence-corrected chi connectivity index (χ2v) is 6.57. The van der Waals surface area contributed by atoms with Crippen molar-refractivity contribution in [1.82, 2.24) is 14.9 Å². The number of nitrogens with zero attached hydrogens (tertiary/aromatic N) is 4. The minimum atomic E-state index is 0.708. The van der Waals surface area contributed by atoms with Gasteiger partial charge in [-0.1, -0.05) is 42.1 Å². The molecular formula is C20H22N4OS. The molecule has 0 saturated carbocycles. The quantitative estimate of drug-likeness (QED) is 0.341. The fraction of sp³-hybridized carbons (Fsp3) is 0.250. The van der Waals surface area contributed by atoms with Crippen LogP contribution in [0.5, 0.6) is 5.75 Å². The maximum Gasteiger partial charge on any atom is 0.211 e. The molecule has 3 rings (SSSR count). The lowest BCUT2D eigenvalue weighted by molar-refractivity contribution is 0.311. The lowest BCUT2D eigenvalue weighted by Crippen LogP contribution is -1.99. The Hall–Kier alpha value is -2.60. The third-order valence-electron chi connectivity index (χ3n) is 3.87. The number of aromatic nitrogens is 3. The first-order chi connectivity index (χ1) is 12.8. The molecule has 0 unspecified atom stereocenters. The molecule has 5 nitrogen and oxygen atoms in total. The van der Waals surface area contributed by atoms with Crippen molar-refractivity contribution in [2.45, 2.75) is 24.9 Å². The van der Waals surface area contributed by atoms with Gasteiger partial charge in [-0.05, 0) is 61.4 Å². The van der Waals surface area contributed by atoms with E-state index in [-0.39, 0.29) is 0 Å². The number of thioether (sulfide) groups is 1. The van der Waals surface area contributed by atoms with E-state index >= 15 is 0 Å². The molecule has 1 heterocycles. The minimum Gasteiger partial charge on any atom is -0.494 e. The summed E-state index contributed by atoms with van der Waals surface area (Å²) in [6.45, 7) is 2.59. The first-order valence-electron chi connectivity index (χ1n) is 8.53. The van der Waals surface area contributed by atoms with E-state index in [9.17, 15) is 0 Å². The third-order valence-corrected chi connectivity index (χ3v) is 4.49. The van der Waals surface area contributed by atoms with Crippen LogP contribution >= 0.6 is 11.8 Å². The van der Waals surface area contributed by atoms with Gasteiger partial charge in [-0.25, -0.2) is 0 Å². The average molecular weight is 366 g/mol. The van der Waals surface area contributed by atoms with Crippen LogP contribution in [0.2, 0.25) is 0 Å². The Labute approximate surface area is 158 Å². The Morgan fingerprint density at radius 2 is 1.85 bits per heavy atom. The number of aryl methyl sites for hydroxylation is 2. The predicted octanol–water partition coefficient (Wildman–Crippen LogP) is 4.20. The van der Waals surface area contributed by atoms with Crippen molar-refractivity contribution in [3.63, 3.8) is 0 Å². The highest BCUT2D eigenvalue weighted by Crippen LogP contribution is 2.14. The molecule has 0 saturated heterocycles. The molecule has 0 aliphatic heterocycles. The zero-order valence-corrected chi connectivity index (χ0v) is 15.8. The summed E-state index contributed by atoms with van der Waals surface area (Å²) in [7, 11) is 0. The van der Waals surface area contributed by atoms with Crippen LogP contribution in [-0.2, 0) is 6.42 Å². The van der Waals surface area contributed by atoms with Crippen molar-refractivity contribution < 1.29 is 4.74 Å². The van der Waals surface area contributed by atoms with Crippen LogP contribution in [0.25, 0.3) is 0 Å². The monoisotopic (exact) mass is 366 g/mol. The molecule has 0 aliphatic rings. The fourth-order valence-electron chi connectivity index (χ4n) is 2.48. The van der Waals surface area contributed by atoms with Gasteiger partial charge in [-0.3, -0.25) is 0 Å². The van der Waals surface area contributed by atoms with Crippen LogP contribution in [0.4, 0.5) is 0 Å². The molecule has 0 spiro atoms. The summed E-state index contributed by atoms with van der Waals surface area (Å²) in [6.07, 6.45) is 5.79. The van der Waals surface area contributed by atoms with Gasteiger partial charge in [0.15, 0.2) is 5.82 Å². The van der Waals surface area contributed by atoms with Crippen LogP contribution in [-0.4, -0.2) is 34.0 Å². The molecule has 1 aromatic heterocycles. The van der Waals surface area contributed by atoms with Gasteiger partial charge in [0.1, 0.15) is 5.75 Å². The molecule has 134 valence electrons. The summed E-state index contributed by atoms with van der Waals surface area (Å²) in [5, 5.41) is 13.3. The maximum absolute atomic E-state index is 5.82. The van der Waals surface area contributed by atoms with Crippen LogP contribution in [0.15, 0.2) is 64.9 Å². The predicted molar refractivity (Wildman–Crippen MR) is 106 cm³/mol. The fourth-order valence-corrected chi connectivity index (χ4v) is 2.96. The molecule has 6 heteroatoms. The highest BCUT2D eigenvalue weighted by molar-refractivity contribution is 7.98. The number of hydrogen-bond donors (Lipinski definition) is 0. The Morgan fingerprint density at radius 1 is 1.08 bits per heavy atom. The van der Waals surface area contributed by atoms with Crippen molar-refractivity contribution in [1.29, 1.82) is 0 Å². The van der Waals surface area contributed by atoms with E-state index in [4.69, 9.17) is 4.74 Å². The minimum absolute atomic E-state index is 0.708. The molecule has 0 N–H and O–H groups in total. The summed E-state index contributed by atoms with van der Waals surface area (Å²) < 4.78 is 7.55.